The van der Waals surface area contributed by atoms with Crippen molar-refractivity contribution in [1.82, 2.24) is 0 Å². The molecule has 0 aliphatic heterocycles. The van der Waals surface area contributed by atoms with Gasteiger partial charge >= 0.3 is 11.9 Å². The predicted octanol–water partition coefficient (Wildman–Crippen LogP) is 11.0. The first-order valence-corrected chi connectivity index (χ1v) is 21.0. The summed E-state index contributed by atoms with van der Waals surface area (Å²) in [6.45, 7) is 16.9. The molecule has 4 aromatic rings. The Bertz CT molecular complexity index is 1990. The van der Waals surface area contributed by atoms with Crippen LogP contribution >= 0.6 is 0 Å². The van der Waals surface area contributed by atoms with E-state index in [0.29, 0.717) is 61.0 Å². The average molecular weight is 807 g/mol. The molecule has 0 bridgehead atoms. The summed E-state index contributed by atoms with van der Waals surface area (Å²) in [4.78, 5) is 24.3. The Labute approximate surface area is 350 Å². The molecule has 0 atom stereocenters. The molecular formula is C51H63FO7. The maximum absolute atomic E-state index is 15.9. The van der Waals surface area contributed by atoms with Crippen molar-refractivity contribution < 1.29 is 38.4 Å². The van der Waals surface area contributed by atoms with E-state index in [1.807, 2.05) is 24.3 Å². The summed E-state index contributed by atoms with van der Waals surface area (Å²) in [7, 11) is 0. The van der Waals surface area contributed by atoms with Gasteiger partial charge in [0.2, 0.25) is 0 Å². The molecule has 4 aromatic carbocycles. The standard InChI is InChI=1S/C51H63FO7/c1-8-10-11-14-37-17-19-39(20-18-37)40-21-24-46(47(52)32-40)41-22-23-45(38(9-2)29-41)44-30-42(15-12-26-58-49(55)35(3)4)48(57-28-25-51(7,33-53)34-54)43(31-44)16-13-27-59-50(56)36(5)6/h17-24,29-32,53-54H,3,5,8-16,25-28,33-34H2,1-2,4,6-7H3. The van der Waals surface area contributed by atoms with Crippen molar-refractivity contribution in [3.63, 3.8) is 0 Å². The Balaban J connectivity index is 1.70. The quantitative estimate of drug-likeness (QED) is 0.0413. The summed E-state index contributed by atoms with van der Waals surface area (Å²) < 4.78 is 33.2. The molecule has 8 heteroatoms. The number of halogens is 1. The van der Waals surface area contributed by atoms with Crippen molar-refractivity contribution in [1.29, 1.82) is 0 Å². The normalized spacial score (nSPS) is 11.3. The van der Waals surface area contributed by atoms with Gasteiger partial charge in [-0.25, -0.2) is 14.0 Å². The molecule has 0 aliphatic carbocycles. The highest BCUT2D eigenvalue weighted by molar-refractivity contribution is 5.87. The molecule has 0 saturated carbocycles. The highest BCUT2D eigenvalue weighted by Crippen LogP contribution is 2.38. The fourth-order valence-electron chi connectivity index (χ4n) is 6.88. The molecule has 0 radical (unpaired) electrons. The highest BCUT2D eigenvalue weighted by atomic mass is 19.1. The average Bonchev–Trinajstić information content (AvgIpc) is 3.24. The Morgan fingerprint density at radius 2 is 1.19 bits per heavy atom. The second kappa shape index (κ2) is 22.9. The van der Waals surface area contributed by atoms with Crippen LogP contribution in [0.2, 0.25) is 0 Å². The van der Waals surface area contributed by atoms with Crippen LogP contribution in [0.5, 0.6) is 5.75 Å². The third-order valence-electron chi connectivity index (χ3n) is 10.7. The van der Waals surface area contributed by atoms with Crippen LogP contribution in [0.4, 0.5) is 4.39 Å². The molecule has 7 nitrogen and oxygen atoms in total. The first-order valence-electron chi connectivity index (χ1n) is 21.0. The minimum Gasteiger partial charge on any atom is -0.493 e. The van der Waals surface area contributed by atoms with Gasteiger partial charge < -0.3 is 24.4 Å². The third kappa shape index (κ3) is 13.5. The van der Waals surface area contributed by atoms with E-state index in [1.165, 1.54) is 24.8 Å². The first kappa shape index (κ1) is 46.6. The SMILES string of the molecule is C=C(C)C(=O)OCCCc1cc(-c2ccc(-c3ccc(-c4ccc(CCCCC)cc4)cc3F)cc2CC)cc(CCCOC(=O)C(=C)C)c1OCCC(C)(CO)CO. The van der Waals surface area contributed by atoms with Crippen LogP contribution in [-0.2, 0) is 44.7 Å². The summed E-state index contributed by atoms with van der Waals surface area (Å²) in [5.74, 6) is -0.503. The van der Waals surface area contributed by atoms with Crippen molar-refractivity contribution in [3.05, 3.63) is 125 Å². The van der Waals surface area contributed by atoms with Crippen LogP contribution in [0, 0.1) is 11.2 Å². The number of aliphatic hydroxyl groups excluding tert-OH is 2. The highest BCUT2D eigenvalue weighted by Gasteiger charge is 2.24. The van der Waals surface area contributed by atoms with Gasteiger partial charge in [0.05, 0.1) is 33.0 Å². The second-order valence-electron chi connectivity index (χ2n) is 16.0. The minimum absolute atomic E-state index is 0.190. The van der Waals surface area contributed by atoms with Gasteiger partial charge in [0.15, 0.2) is 0 Å². The Morgan fingerprint density at radius 1 is 0.644 bits per heavy atom. The largest absolute Gasteiger partial charge is 0.493 e. The maximum atomic E-state index is 15.9. The van der Waals surface area contributed by atoms with Crippen LogP contribution < -0.4 is 4.74 Å². The van der Waals surface area contributed by atoms with E-state index in [2.05, 4.69) is 69.5 Å². The third-order valence-corrected chi connectivity index (χ3v) is 10.7. The molecular weight excluding hydrogens is 744 g/mol. The van der Waals surface area contributed by atoms with E-state index in [1.54, 1.807) is 26.8 Å². The summed E-state index contributed by atoms with van der Waals surface area (Å²) in [5, 5.41) is 19.9. The fourth-order valence-corrected chi connectivity index (χ4v) is 6.88. The molecule has 0 saturated heterocycles. The lowest BCUT2D eigenvalue weighted by Gasteiger charge is -2.26. The monoisotopic (exact) mass is 806 g/mol. The van der Waals surface area contributed by atoms with Crippen molar-refractivity contribution in [3.8, 4) is 39.1 Å². The van der Waals surface area contributed by atoms with Gasteiger partial charge in [-0.15, -0.1) is 0 Å². The lowest BCUT2D eigenvalue weighted by molar-refractivity contribution is -0.139. The van der Waals surface area contributed by atoms with E-state index in [0.717, 1.165) is 50.9 Å². The number of carbonyl (C=O) groups is 2. The first-order chi connectivity index (χ1) is 28.3. The number of benzene rings is 4. The summed E-state index contributed by atoms with van der Waals surface area (Å²) in [6, 6.07) is 24.1. The van der Waals surface area contributed by atoms with Crippen LogP contribution in [0.1, 0.15) is 95.4 Å². The number of hydrogen-bond acceptors (Lipinski definition) is 7. The molecule has 59 heavy (non-hydrogen) atoms. The Morgan fingerprint density at radius 3 is 1.71 bits per heavy atom. The minimum atomic E-state index is -0.718. The molecule has 316 valence electrons. The predicted molar refractivity (Wildman–Crippen MR) is 236 cm³/mol. The molecule has 0 spiro atoms. The van der Waals surface area contributed by atoms with Crippen LogP contribution in [-0.4, -0.2) is 55.2 Å². The molecule has 0 aromatic heterocycles. The summed E-state index contributed by atoms with van der Waals surface area (Å²) in [5.41, 5.74) is 9.17. The van der Waals surface area contributed by atoms with Gasteiger partial charge in [-0.05, 0) is 133 Å². The number of ether oxygens (including phenoxy) is 3. The lowest BCUT2D eigenvalue weighted by Crippen LogP contribution is -2.28. The number of aryl methyl sites for hydroxylation is 4. The number of unbranched alkanes of at least 4 members (excludes halogenated alkanes) is 2. The molecule has 0 amide bonds. The van der Waals surface area contributed by atoms with Crippen LogP contribution in [0.15, 0.2) is 97.1 Å². The zero-order chi connectivity index (χ0) is 43.0. The summed E-state index contributed by atoms with van der Waals surface area (Å²) in [6.07, 6.45) is 7.84. The Hall–Kier alpha value is -5.05. The van der Waals surface area contributed by atoms with E-state index in [-0.39, 0.29) is 38.9 Å². The van der Waals surface area contributed by atoms with Gasteiger partial charge in [0, 0.05) is 22.1 Å². The topological polar surface area (TPSA) is 102 Å². The molecule has 2 N–H and O–H groups in total. The van der Waals surface area contributed by atoms with E-state index in [9.17, 15) is 19.8 Å². The van der Waals surface area contributed by atoms with Crippen molar-refractivity contribution in [2.45, 2.75) is 98.8 Å². The second-order valence-corrected chi connectivity index (χ2v) is 16.0. The van der Waals surface area contributed by atoms with Crippen molar-refractivity contribution in [2.24, 2.45) is 5.41 Å². The van der Waals surface area contributed by atoms with E-state index in [4.69, 9.17) is 14.2 Å². The van der Waals surface area contributed by atoms with Gasteiger partial charge in [0.1, 0.15) is 11.6 Å². The zero-order valence-electron chi connectivity index (χ0n) is 35.8. The van der Waals surface area contributed by atoms with Gasteiger partial charge in [-0.3, -0.25) is 0 Å². The van der Waals surface area contributed by atoms with E-state index >= 15 is 4.39 Å². The lowest BCUT2D eigenvalue weighted by atomic mass is 9.89. The molecule has 0 fully saturated rings. The van der Waals surface area contributed by atoms with Crippen molar-refractivity contribution in [2.75, 3.05) is 33.0 Å². The van der Waals surface area contributed by atoms with Gasteiger partial charge in [0.25, 0.3) is 0 Å². The smallest absolute Gasteiger partial charge is 0.333 e. The number of carbonyl (C=O) groups excluding carboxylic acids is 2. The van der Waals surface area contributed by atoms with E-state index < -0.39 is 17.4 Å². The van der Waals surface area contributed by atoms with Gasteiger partial charge in [-0.2, -0.15) is 0 Å². The zero-order valence-corrected chi connectivity index (χ0v) is 35.8. The number of esters is 2. The number of hydrogen-bond donors (Lipinski definition) is 2. The number of rotatable bonds is 24. The summed E-state index contributed by atoms with van der Waals surface area (Å²) >= 11 is 0. The molecule has 4 rings (SSSR count). The van der Waals surface area contributed by atoms with Crippen molar-refractivity contribution >= 4 is 11.9 Å². The maximum Gasteiger partial charge on any atom is 0.333 e. The van der Waals surface area contributed by atoms with Gasteiger partial charge in [-0.1, -0.05) is 101 Å². The van der Waals surface area contributed by atoms with Crippen LogP contribution in [0.25, 0.3) is 33.4 Å². The molecule has 0 unspecified atom stereocenters. The Kier molecular flexibility index (Phi) is 18.1. The molecule has 0 aliphatic rings. The van der Waals surface area contributed by atoms with Crippen LogP contribution in [0.3, 0.4) is 0 Å². The fraction of sp³-hybridized carbons (Fsp3) is 0.412. The number of aliphatic hydroxyl groups is 2. The molecule has 0 heterocycles.